The van der Waals surface area contributed by atoms with Crippen molar-refractivity contribution in [2.45, 2.75) is 25.1 Å². The van der Waals surface area contributed by atoms with Crippen molar-refractivity contribution in [3.63, 3.8) is 0 Å². The molecule has 1 aliphatic rings. The van der Waals surface area contributed by atoms with E-state index in [1.807, 2.05) is 0 Å². The number of hydrogen-bond acceptors (Lipinski definition) is 5. The number of halogens is 5. The van der Waals surface area contributed by atoms with Gasteiger partial charge in [0.15, 0.2) is 0 Å². The summed E-state index contributed by atoms with van der Waals surface area (Å²) in [6.45, 7) is 1.10. The van der Waals surface area contributed by atoms with E-state index >= 15 is 0 Å². The van der Waals surface area contributed by atoms with Crippen molar-refractivity contribution >= 4 is 40.8 Å². The number of benzene rings is 2. The molecule has 0 saturated heterocycles. The number of carbonyl (C=O) groups excluding carboxylic acids is 1. The van der Waals surface area contributed by atoms with Gasteiger partial charge in [-0.2, -0.15) is 13.2 Å². The number of nitrogens with one attached hydrogen (secondary N) is 2. The molecule has 2 aromatic carbocycles. The third kappa shape index (κ3) is 4.82. The van der Waals surface area contributed by atoms with Crippen molar-refractivity contribution in [2.75, 3.05) is 6.54 Å². The normalized spacial score (nSPS) is 18.1. The van der Waals surface area contributed by atoms with Crippen molar-refractivity contribution in [1.82, 2.24) is 10.9 Å². The molecule has 0 spiro atoms. The van der Waals surface area contributed by atoms with Crippen LogP contribution in [0, 0.1) is 6.92 Å². The molecule has 1 unspecified atom stereocenters. The molecule has 0 fully saturated rings. The summed E-state index contributed by atoms with van der Waals surface area (Å²) in [5, 5.41) is 12.3. The van der Waals surface area contributed by atoms with Gasteiger partial charge in [0, 0.05) is 27.6 Å². The van der Waals surface area contributed by atoms with Crippen LogP contribution in [0.15, 0.2) is 41.6 Å². The molecule has 1 heterocycles. The van der Waals surface area contributed by atoms with E-state index in [4.69, 9.17) is 33.1 Å². The van der Waals surface area contributed by atoms with E-state index in [2.05, 4.69) is 16.0 Å². The van der Waals surface area contributed by atoms with Crippen LogP contribution in [0.2, 0.25) is 10.0 Å². The van der Waals surface area contributed by atoms with Crippen molar-refractivity contribution in [2.24, 2.45) is 5.16 Å². The molecule has 32 heavy (non-hydrogen) atoms. The quantitative estimate of drug-likeness (QED) is 0.528. The number of alkyl halides is 3. The Kier molecular flexibility index (Phi) is 6.68. The maximum Gasteiger partial charge on any atom is 0.435 e. The monoisotopic (exact) mass is 489 g/mol. The van der Waals surface area contributed by atoms with Crippen LogP contribution in [-0.4, -0.2) is 35.4 Å². The Morgan fingerprint density at radius 1 is 1.19 bits per heavy atom. The van der Waals surface area contributed by atoms with Gasteiger partial charge >= 0.3 is 12.1 Å². The highest BCUT2D eigenvalue weighted by atomic mass is 35.5. The average molecular weight is 490 g/mol. The van der Waals surface area contributed by atoms with Crippen molar-refractivity contribution in [3.05, 3.63) is 68.7 Å². The predicted octanol–water partition coefficient (Wildman–Crippen LogP) is 4.20. The minimum Gasteiger partial charge on any atom is -0.480 e. The number of hydrazine groups is 1. The van der Waals surface area contributed by atoms with Crippen molar-refractivity contribution in [1.29, 1.82) is 0 Å². The summed E-state index contributed by atoms with van der Waals surface area (Å²) in [7, 11) is 0. The Morgan fingerprint density at radius 2 is 1.84 bits per heavy atom. The number of carboxylic acid groups (broad SMARTS) is 1. The molecular weight excluding hydrogens is 474 g/mol. The number of nitrogens with zero attached hydrogens (tertiary/aromatic N) is 1. The molecule has 1 aliphatic heterocycles. The van der Waals surface area contributed by atoms with Gasteiger partial charge < -0.3 is 9.94 Å². The topological polar surface area (TPSA) is 100 Å². The van der Waals surface area contributed by atoms with Crippen LogP contribution < -0.4 is 10.9 Å². The van der Waals surface area contributed by atoms with Crippen molar-refractivity contribution < 1.29 is 32.7 Å². The standard InChI is InChI=1S/C20H16Cl2F3N3O4/c1-10-4-11(2-3-15(10)18(31)27-26-9-17(29)30)16-8-19(32-28-16,20(23,24)25)12-5-13(21)7-14(22)6-12/h2-7,26H,8-9H2,1H3,(H,27,31)(H,29,30). The fraction of sp³-hybridized carbons (Fsp3) is 0.250. The number of hydrogen-bond donors (Lipinski definition) is 3. The second-order valence-corrected chi connectivity index (χ2v) is 7.89. The summed E-state index contributed by atoms with van der Waals surface area (Å²) >= 11 is 11.8. The molecular formula is C20H16Cl2F3N3O4. The lowest BCUT2D eigenvalue weighted by Crippen LogP contribution is -2.42. The zero-order chi connectivity index (χ0) is 23.7. The van der Waals surface area contributed by atoms with Gasteiger partial charge in [-0.25, -0.2) is 5.43 Å². The number of aryl methyl sites for hydroxylation is 1. The van der Waals surface area contributed by atoms with Gasteiger partial charge in [0.05, 0.1) is 5.71 Å². The molecule has 0 bridgehead atoms. The fourth-order valence-corrected chi connectivity index (χ4v) is 3.74. The lowest BCUT2D eigenvalue weighted by molar-refractivity contribution is -0.275. The summed E-state index contributed by atoms with van der Waals surface area (Å²) in [6.07, 6.45) is -5.45. The molecule has 2 aromatic rings. The minimum atomic E-state index is -4.82. The lowest BCUT2D eigenvalue weighted by Gasteiger charge is -2.29. The Bertz CT molecular complexity index is 1090. The van der Waals surface area contributed by atoms with Gasteiger partial charge in [0.1, 0.15) is 6.54 Å². The van der Waals surface area contributed by atoms with E-state index in [1.165, 1.54) is 24.3 Å². The first kappa shape index (κ1) is 23.8. The smallest absolute Gasteiger partial charge is 0.435 e. The number of oxime groups is 1. The van der Waals surface area contributed by atoms with E-state index in [0.29, 0.717) is 11.1 Å². The van der Waals surface area contributed by atoms with Gasteiger partial charge in [0.25, 0.3) is 11.5 Å². The van der Waals surface area contributed by atoms with E-state index in [9.17, 15) is 22.8 Å². The maximum atomic E-state index is 14.1. The summed E-state index contributed by atoms with van der Waals surface area (Å²) in [5.41, 5.74) is 2.43. The van der Waals surface area contributed by atoms with Crippen LogP contribution in [0.5, 0.6) is 0 Å². The van der Waals surface area contributed by atoms with E-state index in [1.54, 1.807) is 6.92 Å². The Balaban J connectivity index is 1.86. The Labute approximate surface area is 190 Å². The summed E-state index contributed by atoms with van der Waals surface area (Å²) in [6, 6.07) is 7.88. The second kappa shape index (κ2) is 8.97. The molecule has 0 radical (unpaired) electrons. The molecule has 1 amide bonds. The lowest BCUT2D eigenvalue weighted by atomic mass is 9.86. The number of rotatable bonds is 6. The molecule has 1 atom stereocenters. The van der Waals surface area contributed by atoms with Gasteiger partial charge in [-0.1, -0.05) is 34.4 Å². The molecule has 12 heteroatoms. The van der Waals surface area contributed by atoms with Gasteiger partial charge in [-0.05, 0) is 48.4 Å². The number of carboxylic acids is 1. The van der Waals surface area contributed by atoms with Gasteiger partial charge in [-0.3, -0.25) is 15.0 Å². The molecule has 0 aliphatic carbocycles. The van der Waals surface area contributed by atoms with Gasteiger partial charge in [0.2, 0.25) is 0 Å². The number of aliphatic carboxylic acids is 1. The second-order valence-electron chi connectivity index (χ2n) is 7.02. The molecule has 0 aromatic heterocycles. The van der Waals surface area contributed by atoms with Crippen LogP contribution in [0.25, 0.3) is 0 Å². The third-order valence-corrected chi connectivity index (χ3v) is 5.20. The molecule has 7 nitrogen and oxygen atoms in total. The molecule has 0 saturated carbocycles. The maximum absolute atomic E-state index is 14.1. The highest BCUT2D eigenvalue weighted by Gasteiger charge is 2.62. The van der Waals surface area contributed by atoms with Crippen LogP contribution >= 0.6 is 23.2 Å². The van der Waals surface area contributed by atoms with Crippen LogP contribution in [0.1, 0.15) is 33.5 Å². The predicted molar refractivity (Wildman–Crippen MR) is 111 cm³/mol. The van der Waals surface area contributed by atoms with E-state index < -0.39 is 36.6 Å². The first-order valence-electron chi connectivity index (χ1n) is 9.07. The minimum absolute atomic E-state index is 0.0240. The summed E-state index contributed by atoms with van der Waals surface area (Å²) < 4.78 is 42.3. The first-order valence-corrected chi connectivity index (χ1v) is 9.83. The van der Waals surface area contributed by atoms with Crippen LogP contribution in [0.4, 0.5) is 13.2 Å². The Morgan fingerprint density at radius 3 is 2.41 bits per heavy atom. The highest BCUT2D eigenvalue weighted by molar-refractivity contribution is 6.34. The molecule has 3 rings (SSSR count). The fourth-order valence-electron chi connectivity index (χ4n) is 3.21. The van der Waals surface area contributed by atoms with Gasteiger partial charge in [-0.15, -0.1) is 0 Å². The number of amides is 1. The van der Waals surface area contributed by atoms with E-state index in [-0.39, 0.29) is 26.9 Å². The highest BCUT2D eigenvalue weighted by Crippen LogP contribution is 2.49. The summed E-state index contributed by atoms with van der Waals surface area (Å²) in [5.74, 6) is -1.76. The Hall–Kier alpha value is -2.82. The zero-order valence-electron chi connectivity index (χ0n) is 16.4. The largest absolute Gasteiger partial charge is 0.480 e. The molecule has 170 valence electrons. The van der Waals surface area contributed by atoms with Crippen LogP contribution in [-0.2, 0) is 15.2 Å². The third-order valence-electron chi connectivity index (χ3n) is 4.76. The SMILES string of the molecule is Cc1cc(C2=NOC(c3cc(Cl)cc(Cl)c3)(C(F)(F)F)C2)ccc1C(=O)NNCC(=O)O. The average Bonchev–Trinajstić information content (AvgIpc) is 3.13. The van der Waals surface area contributed by atoms with E-state index in [0.717, 1.165) is 12.1 Å². The summed E-state index contributed by atoms with van der Waals surface area (Å²) in [4.78, 5) is 27.6. The van der Waals surface area contributed by atoms with Crippen molar-refractivity contribution in [3.8, 4) is 0 Å². The first-order chi connectivity index (χ1) is 14.9. The molecule has 3 N–H and O–H groups in total. The van der Waals surface area contributed by atoms with Crippen LogP contribution in [0.3, 0.4) is 0 Å². The zero-order valence-corrected chi connectivity index (χ0v) is 17.9. The number of carbonyl (C=O) groups is 2.